The first-order chi connectivity index (χ1) is 14.1. The van der Waals surface area contributed by atoms with E-state index in [-0.39, 0.29) is 11.3 Å². The lowest BCUT2D eigenvalue weighted by Crippen LogP contribution is -2.41. The molecule has 6 heteroatoms. The number of guanidine groups is 1. The van der Waals surface area contributed by atoms with Crippen LogP contribution in [0, 0.1) is 5.92 Å². The minimum atomic E-state index is -2.86. The van der Waals surface area contributed by atoms with Crippen molar-refractivity contribution < 1.29 is 13.5 Å². The number of nitrogens with two attached hydrogens (primary N) is 1. The molecule has 2 aromatic carbocycles. The Bertz CT molecular complexity index is 852. The van der Waals surface area contributed by atoms with Crippen molar-refractivity contribution in [2.45, 2.75) is 50.8 Å². The van der Waals surface area contributed by atoms with Crippen molar-refractivity contribution in [3.05, 3.63) is 65.7 Å². The Morgan fingerprint density at radius 3 is 2.45 bits per heavy atom. The molecular formula is C23H27F2N3O. The van der Waals surface area contributed by atoms with Gasteiger partial charge in [0.05, 0.1) is 6.54 Å². The second kappa shape index (κ2) is 8.39. The second-order valence-electron chi connectivity index (χ2n) is 7.94. The highest BCUT2D eigenvalue weighted by atomic mass is 19.3. The van der Waals surface area contributed by atoms with Crippen molar-refractivity contribution in [3.8, 4) is 5.75 Å². The summed E-state index contributed by atoms with van der Waals surface area (Å²) in [4.78, 5) is 7.01. The van der Waals surface area contributed by atoms with Gasteiger partial charge in [-0.1, -0.05) is 67.8 Å². The molecule has 154 valence electrons. The van der Waals surface area contributed by atoms with E-state index in [9.17, 15) is 8.78 Å². The number of hydrogen-bond acceptors (Lipinski definition) is 4. The molecule has 1 aliphatic heterocycles. The SMILES string of the molecule is NC1=NC(c2ccccc2)(C2CCCCC2)CN1Cc1ccccc1OC(F)F. The Labute approximate surface area is 170 Å². The Kier molecular flexibility index (Phi) is 5.69. The maximum Gasteiger partial charge on any atom is 0.387 e. The van der Waals surface area contributed by atoms with Crippen LogP contribution in [0.25, 0.3) is 0 Å². The summed E-state index contributed by atoms with van der Waals surface area (Å²) in [7, 11) is 0. The molecule has 0 spiro atoms. The van der Waals surface area contributed by atoms with Crippen LogP contribution < -0.4 is 10.5 Å². The zero-order chi connectivity index (χ0) is 20.3. The van der Waals surface area contributed by atoms with Gasteiger partial charge in [0.1, 0.15) is 11.3 Å². The number of nitrogens with zero attached hydrogens (tertiary/aromatic N) is 2. The first-order valence-corrected chi connectivity index (χ1v) is 10.3. The van der Waals surface area contributed by atoms with Gasteiger partial charge in [-0.25, -0.2) is 4.99 Å². The number of hydrogen-bond donors (Lipinski definition) is 1. The standard InChI is InChI=1S/C23H27F2N3O/c24-21(25)29-20-14-8-7-9-17(20)15-28-16-23(27-22(28)26,18-10-3-1-4-11-18)19-12-5-2-6-13-19/h1,3-4,7-11,14,19,21H,2,5-6,12-13,15-16H2,(H2,26,27). The Morgan fingerprint density at radius 2 is 1.72 bits per heavy atom. The zero-order valence-electron chi connectivity index (χ0n) is 16.4. The van der Waals surface area contributed by atoms with E-state index in [1.165, 1.54) is 24.8 Å². The van der Waals surface area contributed by atoms with Crippen LogP contribution in [0.1, 0.15) is 43.2 Å². The lowest BCUT2D eigenvalue weighted by atomic mass is 9.71. The molecule has 1 heterocycles. The normalized spacial score (nSPS) is 22.7. The topological polar surface area (TPSA) is 50.8 Å². The van der Waals surface area contributed by atoms with Crippen LogP contribution in [0.4, 0.5) is 8.78 Å². The van der Waals surface area contributed by atoms with E-state index in [0.29, 0.717) is 30.5 Å². The predicted octanol–water partition coefficient (Wildman–Crippen LogP) is 4.89. The molecule has 1 unspecified atom stereocenters. The largest absolute Gasteiger partial charge is 0.434 e. The summed E-state index contributed by atoms with van der Waals surface area (Å²) in [6.45, 7) is -1.82. The molecule has 0 aromatic heterocycles. The van der Waals surface area contributed by atoms with Crippen molar-refractivity contribution in [2.24, 2.45) is 16.6 Å². The maximum absolute atomic E-state index is 12.8. The van der Waals surface area contributed by atoms with E-state index >= 15 is 0 Å². The molecule has 1 aliphatic carbocycles. The van der Waals surface area contributed by atoms with Crippen LogP contribution in [-0.2, 0) is 12.1 Å². The van der Waals surface area contributed by atoms with Crippen molar-refractivity contribution in [3.63, 3.8) is 0 Å². The van der Waals surface area contributed by atoms with Crippen LogP contribution in [-0.4, -0.2) is 24.0 Å². The van der Waals surface area contributed by atoms with Gasteiger partial charge in [-0.05, 0) is 30.4 Å². The fourth-order valence-electron chi connectivity index (χ4n) is 4.79. The lowest BCUT2D eigenvalue weighted by molar-refractivity contribution is -0.0506. The molecule has 0 saturated heterocycles. The number of benzene rings is 2. The van der Waals surface area contributed by atoms with Crippen LogP contribution in [0.15, 0.2) is 59.6 Å². The number of aliphatic imine (C=N–C) groups is 1. The highest BCUT2D eigenvalue weighted by molar-refractivity contribution is 5.81. The van der Waals surface area contributed by atoms with Crippen LogP contribution in [0.2, 0.25) is 0 Å². The molecule has 1 atom stereocenters. The Morgan fingerprint density at radius 1 is 1.03 bits per heavy atom. The number of halogens is 2. The fourth-order valence-corrected chi connectivity index (χ4v) is 4.79. The molecule has 2 aromatic rings. The molecule has 29 heavy (non-hydrogen) atoms. The van der Waals surface area contributed by atoms with Gasteiger partial charge in [0.25, 0.3) is 0 Å². The van der Waals surface area contributed by atoms with Gasteiger partial charge in [0.15, 0.2) is 5.96 Å². The Hall–Kier alpha value is -2.63. The third-order valence-electron chi connectivity index (χ3n) is 6.17. The number of ether oxygens (including phenoxy) is 1. The summed E-state index contributed by atoms with van der Waals surface area (Å²) >= 11 is 0. The van der Waals surface area contributed by atoms with Crippen molar-refractivity contribution in [2.75, 3.05) is 6.54 Å². The summed E-state index contributed by atoms with van der Waals surface area (Å²) in [5.74, 6) is 1.08. The number of para-hydroxylation sites is 1. The fraction of sp³-hybridized carbons (Fsp3) is 0.435. The molecule has 2 aliphatic rings. The smallest absolute Gasteiger partial charge is 0.387 e. The predicted molar refractivity (Wildman–Crippen MR) is 110 cm³/mol. The van der Waals surface area contributed by atoms with E-state index in [1.54, 1.807) is 18.2 Å². The highest BCUT2D eigenvalue weighted by Gasteiger charge is 2.46. The van der Waals surface area contributed by atoms with Crippen molar-refractivity contribution >= 4 is 5.96 Å². The quantitative estimate of drug-likeness (QED) is 0.752. The average molecular weight is 399 g/mol. The van der Waals surface area contributed by atoms with Crippen LogP contribution >= 0.6 is 0 Å². The van der Waals surface area contributed by atoms with E-state index in [2.05, 4.69) is 12.1 Å². The maximum atomic E-state index is 12.8. The van der Waals surface area contributed by atoms with Crippen LogP contribution in [0.3, 0.4) is 0 Å². The summed E-state index contributed by atoms with van der Waals surface area (Å²) in [5, 5.41) is 0. The van der Waals surface area contributed by atoms with Crippen LogP contribution in [0.5, 0.6) is 5.75 Å². The van der Waals surface area contributed by atoms with E-state index in [4.69, 9.17) is 15.5 Å². The molecule has 4 rings (SSSR count). The van der Waals surface area contributed by atoms with Gasteiger partial charge < -0.3 is 15.4 Å². The summed E-state index contributed by atoms with van der Waals surface area (Å²) in [6.07, 6.45) is 5.94. The zero-order valence-corrected chi connectivity index (χ0v) is 16.4. The molecule has 2 N–H and O–H groups in total. The minimum absolute atomic E-state index is 0.185. The summed E-state index contributed by atoms with van der Waals surface area (Å²) in [5.41, 5.74) is 7.85. The van der Waals surface area contributed by atoms with E-state index in [0.717, 1.165) is 12.8 Å². The first kappa shape index (κ1) is 19.7. The first-order valence-electron chi connectivity index (χ1n) is 10.3. The summed E-state index contributed by atoms with van der Waals surface area (Å²) in [6, 6.07) is 17.2. The molecule has 0 radical (unpaired) electrons. The lowest BCUT2D eigenvalue weighted by Gasteiger charge is -2.38. The van der Waals surface area contributed by atoms with E-state index in [1.807, 2.05) is 29.2 Å². The molecule has 1 fully saturated rings. The number of rotatable bonds is 6. The summed E-state index contributed by atoms with van der Waals surface area (Å²) < 4.78 is 30.3. The minimum Gasteiger partial charge on any atom is -0.434 e. The Balaban J connectivity index is 1.63. The van der Waals surface area contributed by atoms with Gasteiger partial charge in [0, 0.05) is 12.1 Å². The third-order valence-corrected chi connectivity index (χ3v) is 6.17. The van der Waals surface area contributed by atoms with Crippen molar-refractivity contribution in [1.82, 2.24) is 4.90 Å². The van der Waals surface area contributed by atoms with Gasteiger partial charge in [-0.3, -0.25) is 0 Å². The van der Waals surface area contributed by atoms with Gasteiger partial charge in [-0.15, -0.1) is 0 Å². The molecule has 0 bridgehead atoms. The van der Waals surface area contributed by atoms with Gasteiger partial charge in [-0.2, -0.15) is 8.78 Å². The number of alkyl halides is 2. The average Bonchev–Trinajstić information content (AvgIpc) is 3.08. The van der Waals surface area contributed by atoms with Gasteiger partial charge in [0.2, 0.25) is 0 Å². The highest BCUT2D eigenvalue weighted by Crippen LogP contribution is 2.45. The monoisotopic (exact) mass is 399 g/mol. The van der Waals surface area contributed by atoms with E-state index < -0.39 is 6.61 Å². The van der Waals surface area contributed by atoms with Crippen molar-refractivity contribution in [1.29, 1.82) is 0 Å². The molecule has 1 saturated carbocycles. The third kappa shape index (κ3) is 4.07. The molecule has 4 nitrogen and oxygen atoms in total. The molecule has 0 amide bonds. The van der Waals surface area contributed by atoms with Gasteiger partial charge >= 0.3 is 6.61 Å². The molecular weight excluding hydrogens is 372 g/mol. The second-order valence-corrected chi connectivity index (χ2v) is 7.94.